The van der Waals surface area contributed by atoms with Crippen LogP contribution in [0.2, 0.25) is 0 Å². The highest BCUT2D eigenvalue weighted by Gasteiger charge is 2.28. The van der Waals surface area contributed by atoms with Crippen molar-refractivity contribution in [1.29, 1.82) is 0 Å². The molecule has 0 bridgehead atoms. The molecule has 0 fully saturated rings. The van der Waals surface area contributed by atoms with Crippen molar-refractivity contribution in [2.24, 2.45) is 7.05 Å². The number of imidazole rings is 1. The molecule has 5 heteroatoms. The minimum absolute atomic E-state index is 0.00425. The fourth-order valence-electron chi connectivity index (χ4n) is 3.83. The van der Waals surface area contributed by atoms with Gasteiger partial charge < -0.3 is 14.8 Å². The van der Waals surface area contributed by atoms with E-state index in [0.29, 0.717) is 12.6 Å². The van der Waals surface area contributed by atoms with Gasteiger partial charge in [0.25, 0.3) is 0 Å². The van der Waals surface area contributed by atoms with Gasteiger partial charge in [0, 0.05) is 31.2 Å². The molecule has 1 aromatic heterocycles. The Bertz CT molecular complexity index is 934. The number of fused-ring (bicyclic) bond motifs is 1. The SMILES string of the molecule is C[C@H]1Cc2ccccc2N1CC(=O)N[C@H](c1ccccc1)c1nccn1C. The van der Waals surface area contributed by atoms with E-state index in [4.69, 9.17) is 0 Å². The molecule has 4 rings (SSSR count). The predicted octanol–water partition coefficient (Wildman–Crippen LogP) is 3.08. The molecule has 1 amide bonds. The first-order valence-electron chi connectivity index (χ1n) is 9.29. The highest BCUT2D eigenvalue weighted by molar-refractivity contribution is 5.83. The highest BCUT2D eigenvalue weighted by Crippen LogP contribution is 2.31. The van der Waals surface area contributed by atoms with E-state index < -0.39 is 0 Å². The molecule has 0 aliphatic carbocycles. The number of nitrogens with zero attached hydrogens (tertiary/aromatic N) is 3. The van der Waals surface area contributed by atoms with Crippen LogP contribution in [0.3, 0.4) is 0 Å². The van der Waals surface area contributed by atoms with Gasteiger partial charge in [0.05, 0.1) is 6.54 Å². The fraction of sp³-hybridized carbons (Fsp3) is 0.273. The third kappa shape index (κ3) is 3.45. The number of anilines is 1. The first kappa shape index (κ1) is 17.3. The Morgan fingerprint density at radius 2 is 1.93 bits per heavy atom. The summed E-state index contributed by atoms with van der Waals surface area (Å²) in [5.74, 6) is 0.819. The molecule has 1 aliphatic rings. The van der Waals surface area contributed by atoms with Gasteiger partial charge in [0.2, 0.25) is 5.91 Å². The molecule has 2 atom stereocenters. The molecular weight excluding hydrogens is 336 g/mol. The Kier molecular flexibility index (Phi) is 4.67. The van der Waals surface area contributed by atoms with Crippen LogP contribution in [-0.2, 0) is 18.3 Å². The van der Waals surface area contributed by atoms with Crippen molar-refractivity contribution in [2.75, 3.05) is 11.4 Å². The summed E-state index contributed by atoms with van der Waals surface area (Å²) in [6.45, 7) is 2.51. The number of rotatable bonds is 5. The summed E-state index contributed by atoms with van der Waals surface area (Å²) in [6, 6.07) is 18.4. The van der Waals surface area contributed by atoms with Crippen LogP contribution in [0.5, 0.6) is 0 Å². The van der Waals surface area contributed by atoms with Crippen LogP contribution >= 0.6 is 0 Å². The average molecular weight is 360 g/mol. The number of carbonyl (C=O) groups is 1. The molecule has 138 valence electrons. The molecule has 0 saturated carbocycles. The minimum Gasteiger partial charge on any atom is -0.359 e. The van der Waals surface area contributed by atoms with Gasteiger partial charge in [-0.15, -0.1) is 0 Å². The largest absolute Gasteiger partial charge is 0.359 e. The molecule has 2 heterocycles. The van der Waals surface area contributed by atoms with Gasteiger partial charge in [0.1, 0.15) is 11.9 Å². The number of aryl methyl sites for hydroxylation is 1. The van der Waals surface area contributed by atoms with E-state index in [1.165, 1.54) is 5.56 Å². The second kappa shape index (κ2) is 7.27. The quantitative estimate of drug-likeness (QED) is 0.761. The Hall–Kier alpha value is -3.08. The number of nitrogens with one attached hydrogen (secondary N) is 1. The van der Waals surface area contributed by atoms with Gasteiger partial charge in [-0.25, -0.2) is 4.98 Å². The fourth-order valence-corrected chi connectivity index (χ4v) is 3.83. The lowest BCUT2D eigenvalue weighted by molar-refractivity contribution is -0.120. The summed E-state index contributed by atoms with van der Waals surface area (Å²) in [6.07, 6.45) is 4.64. The first-order chi connectivity index (χ1) is 13.1. The molecule has 27 heavy (non-hydrogen) atoms. The van der Waals surface area contributed by atoms with Crippen molar-refractivity contribution in [3.05, 3.63) is 83.9 Å². The van der Waals surface area contributed by atoms with Gasteiger partial charge in [0.15, 0.2) is 0 Å². The number of hydrogen-bond acceptors (Lipinski definition) is 3. The maximum Gasteiger partial charge on any atom is 0.240 e. The maximum absolute atomic E-state index is 13.0. The van der Waals surface area contributed by atoms with Crippen LogP contribution in [0.25, 0.3) is 0 Å². The molecule has 1 N–H and O–H groups in total. The number of aromatic nitrogens is 2. The zero-order valence-electron chi connectivity index (χ0n) is 15.7. The number of benzene rings is 2. The molecule has 0 radical (unpaired) electrons. The lowest BCUT2D eigenvalue weighted by Gasteiger charge is -2.26. The van der Waals surface area contributed by atoms with Gasteiger partial charge >= 0.3 is 0 Å². The van der Waals surface area contributed by atoms with Gasteiger partial charge in [-0.3, -0.25) is 4.79 Å². The Morgan fingerprint density at radius 3 is 2.67 bits per heavy atom. The molecule has 3 aromatic rings. The zero-order valence-corrected chi connectivity index (χ0v) is 15.7. The Balaban J connectivity index is 1.55. The second-order valence-electron chi connectivity index (χ2n) is 7.12. The minimum atomic E-state index is -0.271. The van der Waals surface area contributed by atoms with E-state index in [1.54, 1.807) is 6.20 Å². The van der Waals surface area contributed by atoms with Crippen molar-refractivity contribution < 1.29 is 4.79 Å². The van der Waals surface area contributed by atoms with E-state index in [2.05, 4.69) is 40.3 Å². The molecule has 0 unspecified atom stereocenters. The summed E-state index contributed by atoms with van der Waals surface area (Å²) >= 11 is 0. The predicted molar refractivity (Wildman–Crippen MR) is 107 cm³/mol. The molecule has 0 spiro atoms. The number of carbonyl (C=O) groups excluding carboxylic acids is 1. The topological polar surface area (TPSA) is 50.2 Å². The van der Waals surface area contributed by atoms with Crippen LogP contribution in [0, 0.1) is 0 Å². The number of para-hydroxylation sites is 1. The van der Waals surface area contributed by atoms with E-state index in [0.717, 1.165) is 23.5 Å². The monoisotopic (exact) mass is 360 g/mol. The molecule has 5 nitrogen and oxygen atoms in total. The van der Waals surface area contributed by atoms with E-state index in [9.17, 15) is 4.79 Å². The third-order valence-corrected chi connectivity index (χ3v) is 5.22. The number of amides is 1. The Labute approximate surface area is 159 Å². The van der Waals surface area contributed by atoms with Crippen molar-refractivity contribution in [3.63, 3.8) is 0 Å². The van der Waals surface area contributed by atoms with Crippen LogP contribution < -0.4 is 10.2 Å². The lowest BCUT2D eigenvalue weighted by atomic mass is 10.1. The zero-order chi connectivity index (χ0) is 18.8. The standard InChI is InChI=1S/C22H24N4O/c1-16-14-18-10-6-7-11-19(18)26(16)15-20(27)24-21(17-8-4-3-5-9-17)22-23-12-13-25(22)2/h3-13,16,21H,14-15H2,1-2H3,(H,24,27)/t16-,21+/m0/s1. The molecule has 2 aromatic carbocycles. The summed E-state index contributed by atoms with van der Waals surface area (Å²) in [5.41, 5.74) is 3.49. The molecule has 0 saturated heterocycles. The Morgan fingerprint density at radius 1 is 1.19 bits per heavy atom. The van der Waals surface area contributed by atoms with Crippen LogP contribution in [0.15, 0.2) is 67.0 Å². The van der Waals surface area contributed by atoms with E-state index in [1.807, 2.05) is 54.2 Å². The van der Waals surface area contributed by atoms with Gasteiger partial charge in [-0.1, -0.05) is 48.5 Å². The van der Waals surface area contributed by atoms with Gasteiger partial charge in [-0.2, -0.15) is 0 Å². The van der Waals surface area contributed by atoms with Crippen molar-refractivity contribution in [2.45, 2.75) is 25.4 Å². The third-order valence-electron chi connectivity index (χ3n) is 5.22. The highest BCUT2D eigenvalue weighted by atomic mass is 16.2. The van der Waals surface area contributed by atoms with Crippen molar-refractivity contribution in [3.8, 4) is 0 Å². The first-order valence-corrected chi connectivity index (χ1v) is 9.29. The lowest BCUT2D eigenvalue weighted by Crippen LogP contribution is -2.42. The average Bonchev–Trinajstić information content (AvgIpc) is 3.24. The van der Waals surface area contributed by atoms with Crippen molar-refractivity contribution >= 4 is 11.6 Å². The van der Waals surface area contributed by atoms with Crippen LogP contribution in [0.1, 0.15) is 29.9 Å². The smallest absolute Gasteiger partial charge is 0.240 e. The number of hydrogen-bond donors (Lipinski definition) is 1. The van der Waals surface area contributed by atoms with Crippen molar-refractivity contribution in [1.82, 2.24) is 14.9 Å². The second-order valence-corrected chi connectivity index (χ2v) is 7.12. The maximum atomic E-state index is 13.0. The molecular formula is C22H24N4O. The summed E-state index contributed by atoms with van der Waals surface area (Å²) in [4.78, 5) is 19.6. The normalized spacial score (nSPS) is 16.8. The van der Waals surface area contributed by atoms with Gasteiger partial charge in [-0.05, 0) is 30.5 Å². The van der Waals surface area contributed by atoms with Crippen LogP contribution in [-0.4, -0.2) is 28.0 Å². The summed E-state index contributed by atoms with van der Waals surface area (Å²) < 4.78 is 1.95. The summed E-state index contributed by atoms with van der Waals surface area (Å²) in [7, 11) is 1.95. The summed E-state index contributed by atoms with van der Waals surface area (Å²) in [5, 5.41) is 3.19. The van der Waals surface area contributed by atoms with Crippen LogP contribution in [0.4, 0.5) is 5.69 Å². The molecule has 1 aliphatic heterocycles. The van der Waals surface area contributed by atoms with E-state index in [-0.39, 0.29) is 11.9 Å². The van der Waals surface area contributed by atoms with E-state index >= 15 is 0 Å².